The van der Waals surface area contributed by atoms with E-state index >= 15 is 0 Å². The third kappa shape index (κ3) is 2.38. The van der Waals surface area contributed by atoms with Crippen LogP contribution >= 0.6 is 11.6 Å². The molecule has 1 aliphatic rings. The highest BCUT2D eigenvalue weighted by atomic mass is 35.5. The molecular formula is C13H13ClFN3. The van der Waals surface area contributed by atoms with Gasteiger partial charge in [0, 0.05) is 12.5 Å². The molecule has 5 heteroatoms. The summed E-state index contributed by atoms with van der Waals surface area (Å²) in [5.74, 6) is 1.28. The normalized spacial score (nSPS) is 15.0. The SMILES string of the molecule is Fc1cccc(CCn2c(Cl)nnc2C2CC2)c1. The van der Waals surface area contributed by atoms with E-state index in [1.165, 1.54) is 6.07 Å². The predicted octanol–water partition coefficient (Wildman–Crippen LogP) is 3.19. The van der Waals surface area contributed by atoms with Crippen molar-refractivity contribution in [1.82, 2.24) is 14.8 Å². The standard InChI is InChI=1S/C13H13ClFN3/c14-13-17-16-12(10-4-5-10)18(13)7-6-9-2-1-3-11(15)8-9/h1-3,8,10H,4-7H2. The van der Waals surface area contributed by atoms with Crippen LogP contribution < -0.4 is 0 Å². The van der Waals surface area contributed by atoms with Gasteiger partial charge in [0.1, 0.15) is 11.6 Å². The Morgan fingerprint density at radius 2 is 2.17 bits per heavy atom. The Morgan fingerprint density at radius 1 is 1.33 bits per heavy atom. The van der Waals surface area contributed by atoms with E-state index in [0.717, 1.165) is 30.7 Å². The van der Waals surface area contributed by atoms with Crippen LogP contribution in [0.5, 0.6) is 0 Å². The van der Waals surface area contributed by atoms with Gasteiger partial charge < -0.3 is 4.57 Å². The van der Waals surface area contributed by atoms with Gasteiger partial charge in [-0.2, -0.15) is 0 Å². The second kappa shape index (κ2) is 4.69. The van der Waals surface area contributed by atoms with Crippen LogP contribution in [0.25, 0.3) is 0 Å². The van der Waals surface area contributed by atoms with Gasteiger partial charge in [0.15, 0.2) is 0 Å². The van der Waals surface area contributed by atoms with Gasteiger partial charge in [0.05, 0.1) is 0 Å². The maximum atomic E-state index is 13.1. The van der Waals surface area contributed by atoms with E-state index in [-0.39, 0.29) is 5.82 Å². The van der Waals surface area contributed by atoms with Crippen LogP contribution in [0.2, 0.25) is 5.28 Å². The number of halogens is 2. The molecule has 94 valence electrons. The summed E-state index contributed by atoms with van der Waals surface area (Å²) in [6.45, 7) is 0.696. The molecule has 0 amide bonds. The minimum atomic E-state index is -0.204. The largest absolute Gasteiger partial charge is 0.301 e. The summed E-state index contributed by atoms with van der Waals surface area (Å²) in [6, 6.07) is 6.64. The fourth-order valence-electron chi connectivity index (χ4n) is 2.08. The predicted molar refractivity (Wildman–Crippen MR) is 67.1 cm³/mol. The van der Waals surface area contributed by atoms with E-state index in [4.69, 9.17) is 11.6 Å². The molecule has 18 heavy (non-hydrogen) atoms. The Bertz CT molecular complexity index is 563. The summed E-state index contributed by atoms with van der Waals surface area (Å²) in [5.41, 5.74) is 0.960. The molecule has 0 bridgehead atoms. The molecule has 0 saturated heterocycles. The highest BCUT2D eigenvalue weighted by Gasteiger charge is 2.29. The lowest BCUT2D eigenvalue weighted by Gasteiger charge is -2.07. The molecule has 2 aromatic rings. The number of hydrogen-bond donors (Lipinski definition) is 0. The molecule has 1 heterocycles. The van der Waals surface area contributed by atoms with E-state index in [1.54, 1.807) is 12.1 Å². The Morgan fingerprint density at radius 3 is 2.89 bits per heavy atom. The quantitative estimate of drug-likeness (QED) is 0.850. The van der Waals surface area contributed by atoms with Gasteiger partial charge in [0.25, 0.3) is 0 Å². The maximum absolute atomic E-state index is 13.1. The highest BCUT2D eigenvalue weighted by Crippen LogP contribution is 2.39. The molecule has 0 atom stereocenters. The zero-order valence-electron chi connectivity index (χ0n) is 9.81. The smallest absolute Gasteiger partial charge is 0.225 e. The van der Waals surface area contributed by atoms with Crippen molar-refractivity contribution in [2.45, 2.75) is 31.7 Å². The Labute approximate surface area is 110 Å². The van der Waals surface area contributed by atoms with E-state index in [0.29, 0.717) is 17.7 Å². The zero-order chi connectivity index (χ0) is 12.5. The van der Waals surface area contributed by atoms with Crippen molar-refractivity contribution in [1.29, 1.82) is 0 Å². The number of hydrogen-bond acceptors (Lipinski definition) is 2. The molecule has 3 nitrogen and oxygen atoms in total. The van der Waals surface area contributed by atoms with Crippen LogP contribution in [0.3, 0.4) is 0 Å². The molecule has 3 rings (SSSR count). The molecule has 1 saturated carbocycles. The summed E-state index contributed by atoms with van der Waals surface area (Å²) in [4.78, 5) is 0. The molecule has 1 aromatic heterocycles. The number of aromatic nitrogens is 3. The molecule has 1 fully saturated rings. The minimum Gasteiger partial charge on any atom is -0.301 e. The van der Waals surface area contributed by atoms with Crippen LogP contribution in [0.4, 0.5) is 4.39 Å². The van der Waals surface area contributed by atoms with Crippen molar-refractivity contribution in [3.63, 3.8) is 0 Å². The molecule has 0 aliphatic heterocycles. The van der Waals surface area contributed by atoms with Crippen LogP contribution in [0.15, 0.2) is 24.3 Å². The first kappa shape index (κ1) is 11.7. The Hall–Kier alpha value is -1.42. The van der Waals surface area contributed by atoms with E-state index in [1.807, 2.05) is 10.6 Å². The molecular weight excluding hydrogens is 253 g/mol. The number of aryl methyl sites for hydroxylation is 1. The van der Waals surface area contributed by atoms with Gasteiger partial charge in [-0.25, -0.2) is 4.39 Å². The molecule has 0 N–H and O–H groups in total. The molecule has 0 radical (unpaired) electrons. The average molecular weight is 266 g/mol. The molecule has 0 spiro atoms. The van der Waals surface area contributed by atoms with E-state index in [9.17, 15) is 4.39 Å². The van der Waals surface area contributed by atoms with Gasteiger partial charge in [-0.15, -0.1) is 10.2 Å². The third-order valence-electron chi connectivity index (χ3n) is 3.19. The topological polar surface area (TPSA) is 30.7 Å². The summed E-state index contributed by atoms with van der Waals surface area (Å²) in [6.07, 6.45) is 3.05. The fraction of sp³-hybridized carbons (Fsp3) is 0.385. The molecule has 0 unspecified atom stereocenters. The monoisotopic (exact) mass is 265 g/mol. The zero-order valence-corrected chi connectivity index (χ0v) is 10.6. The van der Waals surface area contributed by atoms with Crippen molar-refractivity contribution in [3.05, 3.63) is 46.8 Å². The van der Waals surface area contributed by atoms with Crippen LogP contribution in [-0.4, -0.2) is 14.8 Å². The van der Waals surface area contributed by atoms with Crippen molar-refractivity contribution in [2.24, 2.45) is 0 Å². The average Bonchev–Trinajstić information content (AvgIpc) is 3.12. The lowest BCUT2D eigenvalue weighted by atomic mass is 10.1. The van der Waals surface area contributed by atoms with Crippen molar-refractivity contribution < 1.29 is 4.39 Å². The van der Waals surface area contributed by atoms with Gasteiger partial charge >= 0.3 is 0 Å². The number of nitrogens with zero attached hydrogens (tertiary/aromatic N) is 3. The molecule has 1 aromatic carbocycles. The lowest BCUT2D eigenvalue weighted by molar-refractivity contribution is 0.618. The van der Waals surface area contributed by atoms with Crippen molar-refractivity contribution in [3.8, 4) is 0 Å². The summed E-state index contributed by atoms with van der Waals surface area (Å²) >= 11 is 6.03. The van der Waals surface area contributed by atoms with Gasteiger partial charge in [-0.05, 0) is 48.6 Å². The number of benzene rings is 1. The van der Waals surface area contributed by atoms with Crippen LogP contribution in [0, 0.1) is 5.82 Å². The first-order valence-electron chi connectivity index (χ1n) is 6.07. The third-order valence-corrected chi connectivity index (χ3v) is 3.47. The lowest BCUT2D eigenvalue weighted by Crippen LogP contribution is -2.06. The molecule has 1 aliphatic carbocycles. The minimum absolute atomic E-state index is 0.204. The van der Waals surface area contributed by atoms with E-state index < -0.39 is 0 Å². The first-order valence-corrected chi connectivity index (χ1v) is 6.45. The summed E-state index contributed by atoms with van der Waals surface area (Å²) < 4.78 is 15.0. The summed E-state index contributed by atoms with van der Waals surface area (Å²) in [7, 11) is 0. The second-order valence-electron chi connectivity index (χ2n) is 4.63. The first-order chi connectivity index (χ1) is 8.74. The highest BCUT2D eigenvalue weighted by molar-refractivity contribution is 6.28. The van der Waals surface area contributed by atoms with E-state index in [2.05, 4.69) is 10.2 Å². The maximum Gasteiger partial charge on any atom is 0.225 e. The fourth-order valence-corrected chi connectivity index (χ4v) is 2.29. The van der Waals surface area contributed by atoms with Crippen LogP contribution in [0.1, 0.15) is 30.1 Å². The van der Waals surface area contributed by atoms with Gasteiger partial charge in [-0.3, -0.25) is 0 Å². The van der Waals surface area contributed by atoms with Gasteiger partial charge in [0.2, 0.25) is 5.28 Å². The Balaban J connectivity index is 1.75. The second-order valence-corrected chi connectivity index (χ2v) is 4.97. The Kier molecular flexibility index (Phi) is 3.04. The van der Waals surface area contributed by atoms with Crippen LogP contribution in [-0.2, 0) is 13.0 Å². The van der Waals surface area contributed by atoms with Crippen molar-refractivity contribution >= 4 is 11.6 Å². The number of rotatable bonds is 4. The van der Waals surface area contributed by atoms with Gasteiger partial charge in [-0.1, -0.05) is 12.1 Å². The summed E-state index contributed by atoms with van der Waals surface area (Å²) in [5, 5.41) is 8.45. The van der Waals surface area contributed by atoms with Crippen molar-refractivity contribution in [2.75, 3.05) is 0 Å².